The molecule has 0 saturated carbocycles. The molecule has 0 amide bonds. The van der Waals surface area contributed by atoms with Crippen molar-refractivity contribution in [1.29, 1.82) is 0 Å². The van der Waals surface area contributed by atoms with Gasteiger partial charge in [-0.25, -0.2) is 0 Å². The Bertz CT molecular complexity index is 233. The topological polar surface area (TPSA) is 40.5 Å². The molecular weight excluding hydrogens is 791 g/mol. The van der Waals surface area contributed by atoms with Crippen LogP contribution in [0.5, 0.6) is 0 Å². The van der Waals surface area contributed by atoms with E-state index >= 15 is 0 Å². The van der Waals surface area contributed by atoms with Crippen molar-refractivity contribution in [3.8, 4) is 0 Å². The fourth-order valence-corrected chi connectivity index (χ4v) is 0. The van der Waals surface area contributed by atoms with Gasteiger partial charge in [-0.3, -0.25) is 0 Å². The van der Waals surface area contributed by atoms with Gasteiger partial charge in [0.2, 0.25) is 0 Å². The Morgan fingerprint density at radius 1 is 0.474 bits per heavy atom. The van der Waals surface area contributed by atoms with E-state index in [0.29, 0.717) is 0 Å². The van der Waals surface area contributed by atoms with Crippen LogP contribution < -0.4 is 0 Å². The summed E-state index contributed by atoms with van der Waals surface area (Å²) in [6.07, 6.45) is 0. The van der Waals surface area contributed by atoms with Crippen LogP contribution in [-0.2, 0) is 0 Å². The second kappa shape index (κ2) is 4.78. The van der Waals surface area contributed by atoms with Gasteiger partial charge in [0.1, 0.15) is 0 Å². The Kier molecular flexibility index (Phi) is 6.42. The maximum atomic E-state index is 10.1. The Morgan fingerprint density at radius 3 is 0.474 bits per heavy atom. The van der Waals surface area contributed by atoms with E-state index in [-0.39, 0.29) is 0 Å². The summed E-state index contributed by atoms with van der Waals surface area (Å²) < 4.78 is 154. The van der Waals surface area contributed by atoms with Crippen LogP contribution in [0.15, 0.2) is 0 Å². The van der Waals surface area contributed by atoms with E-state index in [1.165, 1.54) is 0 Å². The molecule has 0 bridgehead atoms. The van der Waals surface area contributed by atoms with Crippen LogP contribution in [0.2, 0.25) is 0 Å². The molecule has 0 aliphatic heterocycles. The molecule has 2 N–H and O–H groups in total. The number of rotatable bonds is 0. The van der Waals surface area contributed by atoms with Crippen molar-refractivity contribution in [2.24, 2.45) is 0 Å². The summed E-state index contributed by atoms with van der Waals surface area (Å²) in [6.45, 7) is 0. The van der Waals surface area contributed by atoms with Crippen LogP contribution in [0.25, 0.3) is 0 Å². The van der Waals surface area contributed by atoms with E-state index in [1.54, 1.807) is 0 Å². The number of hydrogen-bond acceptors (Lipinski definition) is 2. The molecule has 19 heavy (non-hydrogen) atoms. The third-order valence-corrected chi connectivity index (χ3v) is 0. The molecule has 0 aromatic heterocycles. The average Bonchev–Trinajstić information content (AvgIpc) is 1.27. The van der Waals surface area contributed by atoms with Gasteiger partial charge in [-0.2, -0.15) is 0 Å². The summed E-state index contributed by atoms with van der Waals surface area (Å²) in [5, 5.41) is 0. The Morgan fingerprint density at radius 2 is 0.474 bits per heavy atom. The summed E-state index contributed by atoms with van der Waals surface area (Å²) in [6, 6.07) is 0. The second-order valence-electron chi connectivity index (χ2n) is 2.29. The standard InChI is InChI=1S/2F5HOTe.4FH.U/c2*1-7(2,3,4,5)6;;;;;/h2*6H;4*1H;/q;;;;;;+4/p-4. The minimum absolute atomic E-state index is 6.31. The SMILES string of the molecule is O[Te](F)(F)(F)(F)F.O[Te](F)(F)(F)(F)F.[F][U]([F])([F])[F]. The molecule has 0 heterocycles. The van der Waals surface area contributed by atoms with Crippen molar-refractivity contribution < 1.29 is 71.3 Å². The van der Waals surface area contributed by atoms with E-state index < -0.39 is 64.5 Å². The predicted molar refractivity (Wildman–Crippen MR) is 31.5 cm³/mol. The van der Waals surface area contributed by atoms with Crippen molar-refractivity contribution >= 4 is 37.4 Å². The van der Waals surface area contributed by atoms with E-state index in [9.17, 15) is 37.3 Å². The average molecular weight is 793 g/mol. The first kappa shape index (κ1) is 25.5. The Balaban J connectivity index is -0.000000206. The molecule has 2 nitrogen and oxygen atoms in total. The quantitative estimate of drug-likeness (QED) is 0.288. The third-order valence-electron chi connectivity index (χ3n) is 0. The fourth-order valence-electron chi connectivity index (χ4n) is 0. The molecule has 0 saturated heterocycles. The maximum absolute atomic E-state index is 10.7. The summed E-state index contributed by atoms with van der Waals surface area (Å²) in [5.41, 5.74) is 0. The van der Waals surface area contributed by atoms with Gasteiger partial charge < -0.3 is 0 Å². The van der Waals surface area contributed by atoms with Crippen LogP contribution in [-0.4, -0.2) is 44.3 Å². The summed E-state index contributed by atoms with van der Waals surface area (Å²) in [7, 11) is 0. The summed E-state index contributed by atoms with van der Waals surface area (Å²) in [5.74, 6) is 0. The number of halogens is 14. The normalized spacial score (nSPS) is 20.2. The predicted octanol–water partition coefficient (Wildman–Crippen LogP) is 4.01. The molecule has 0 aliphatic rings. The first-order valence-corrected chi connectivity index (χ1v) is 19.9. The van der Waals surface area contributed by atoms with E-state index in [1.807, 2.05) is 0 Å². The van der Waals surface area contributed by atoms with Gasteiger partial charge in [0.25, 0.3) is 0 Å². The van der Waals surface area contributed by atoms with Crippen LogP contribution >= 0.6 is 0 Å². The first-order valence-electron chi connectivity index (χ1n) is 2.66. The van der Waals surface area contributed by atoms with Gasteiger partial charge in [0.05, 0.1) is 0 Å². The van der Waals surface area contributed by atoms with Crippen molar-refractivity contribution in [3.05, 3.63) is 0 Å². The molecule has 0 aromatic rings. The molecular formula is H2F14O2Te2U. The Hall–Kier alpha value is 1.57. The molecule has 19 heteroatoms. The van der Waals surface area contributed by atoms with Crippen molar-refractivity contribution in [2.75, 3.05) is 0 Å². The van der Waals surface area contributed by atoms with Crippen LogP contribution in [0.4, 0.5) is 37.3 Å². The first-order chi connectivity index (χ1) is 6.90. The third kappa shape index (κ3) is 2450. The van der Waals surface area contributed by atoms with Gasteiger partial charge in [-0.15, -0.1) is 0 Å². The van der Waals surface area contributed by atoms with Gasteiger partial charge in [-0.1, -0.05) is 0 Å². The van der Waals surface area contributed by atoms with Crippen molar-refractivity contribution in [2.45, 2.75) is 0 Å². The molecule has 0 aromatic carbocycles. The molecule has 0 fully saturated rings. The molecule has 0 aliphatic carbocycles. The van der Waals surface area contributed by atoms with Crippen LogP contribution in [0.3, 0.4) is 0 Å². The monoisotopic (exact) mass is 798 g/mol. The zero-order chi connectivity index (χ0) is 17.3. The summed E-state index contributed by atoms with van der Waals surface area (Å²) in [4.78, 5) is 0. The van der Waals surface area contributed by atoms with Crippen LogP contribution in [0, 0.1) is 27.1 Å². The van der Waals surface area contributed by atoms with Gasteiger partial charge in [0, 0.05) is 0 Å². The molecule has 128 valence electrons. The zero-order valence-corrected chi connectivity index (χ0v) is 16.3. The zero-order valence-electron chi connectivity index (χ0n) is 7.50. The minimum atomic E-state index is -10.7. The van der Waals surface area contributed by atoms with E-state index in [4.69, 9.17) is 6.94 Å². The van der Waals surface area contributed by atoms with Gasteiger partial charge in [0.15, 0.2) is 0 Å². The second-order valence-corrected chi connectivity index (χ2v) is 16.5. The Labute approximate surface area is 108 Å². The van der Waals surface area contributed by atoms with Crippen LogP contribution in [0.1, 0.15) is 0 Å². The summed E-state index contributed by atoms with van der Waals surface area (Å²) >= 11 is -28.7. The van der Waals surface area contributed by atoms with Crippen molar-refractivity contribution in [3.63, 3.8) is 0 Å². The van der Waals surface area contributed by atoms with E-state index in [2.05, 4.69) is 0 Å². The molecule has 0 spiro atoms. The van der Waals surface area contributed by atoms with Crippen molar-refractivity contribution in [1.82, 2.24) is 0 Å². The molecule has 0 radical (unpaired) electrons. The molecule has 0 unspecified atom stereocenters. The number of hydrogen-bond donors (Lipinski definition) is 2. The van der Waals surface area contributed by atoms with Gasteiger partial charge in [-0.05, 0) is 0 Å². The van der Waals surface area contributed by atoms with Gasteiger partial charge >= 0.3 is 109 Å². The fraction of sp³-hybridized carbons (Fsp3) is 0. The molecule has 0 atom stereocenters. The molecule has 0 rings (SSSR count). The van der Waals surface area contributed by atoms with E-state index in [0.717, 1.165) is 0 Å².